The number of hydrogen-bond acceptors (Lipinski definition) is 0. The largest absolute Gasteiger partial charge is 0.139 e. The Bertz CT molecular complexity index is 308. The van der Waals surface area contributed by atoms with Crippen LogP contribution in [0.2, 0.25) is 0 Å². The Morgan fingerprint density at radius 2 is 1.64 bits per heavy atom. The fraction of sp³-hybridized carbons (Fsp3) is 0. The smallest absolute Gasteiger partial charge is 0.0144 e. The Labute approximate surface area is 68.0 Å². The molecule has 0 fully saturated rings. The van der Waals surface area contributed by atoms with Crippen molar-refractivity contribution in [2.24, 2.45) is 0 Å². The summed E-state index contributed by atoms with van der Waals surface area (Å²) in [6.45, 7) is 0. The van der Waals surface area contributed by atoms with Gasteiger partial charge in [0, 0.05) is 0 Å². The van der Waals surface area contributed by atoms with Gasteiger partial charge in [0.1, 0.15) is 0 Å². The van der Waals surface area contributed by atoms with Crippen LogP contribution in [-0.4, -0.2) is 0 Å². The molecule has 0 bridgehead atoms. The van der Waals surface area contributed by atoms with Crippen molar-refractivity contribution in [1.29, 1.82) is 0 Å². The van der Waals surface area contributed by atoms with Gasteiger partial charge in [-0.25, -0.2) is 0 Å². The highest BCUT2D eigenvalue weighted by Crippen LogP contribution is 2.23. The van der Waals surface area contributed by atoms with Gasteiger partial charge in [0.2, 0.25) is 0 Å². The summed E-state index contributed by atoms with van der Waals surface area (Å²) in [6.07, 6.45) is 0. The lowest BCUT2D eigenvalue weighted by molar-refractivity contribution is 1.68. The van der Waals surface area contributed by atoms with Crippen molar-refractivity contribution < 1.29 is 0 Å². The molecule has 11 heavy (non-hydrogen) atoms. The highest BCUT2D eigenvalue weighted by Gasteiger charge is 1.92. The van der Waals surface area contributed by atoms with Gasteiger partial charge in [0.05, 0.1) is 0 Å². The quantitative estimate of drug-likeness (QED) is 0.599. The maximum Gasteiger partial charge on any atom is -0.0144 e. The van der Waals surface area contributed by atoms with Gasteiger partial charge in [-0.1, -0.05) is 36.4 Å². The molecule has 0 radical (unpaired) electrons. The van der Waals surface area contributed by atoms with Gasteiger partial charge in [0.25, 0.3) is 0 Å². The lowest BCUT2D eigenvalue weighted by Crippen LogP contribution is -1.68. The van der Waals surface area contributed by atoms with Crippen molar-refractivity contribution in [3.63, 3.8) is 0 Å². The number of hydrogen-bond donors (Lipinski definition) is 0. The van der Waals surface area contributed by atoms with Crippen LogP contribution >= 0.6 is 8.19 Å². The van der Waals surface area contributed by atoms with Crippen LogP contribution in [0.5, 0.6) is 0 Å². The molecule has 1 heteroatoms. The second-order valence-corrected chi connectivity index (χ2v) is 3.42. The van der Waals surface area contributed by atoms with Crippen LogP contribution in [0, 0.1) is 0 Å². The molecule has 1 heterocycles. The fourth-order valence-electron chi connectivity index (χ4n) is 1.13. The van der Waals surface area contributed by atoms with Crippen molar-refractivity contribution in [2.45, 2.75) is 0 Å². The minimum absolute atomic E-state index is 0.872. The van der Waals surface area contributed by atoms with E-state index < -0.39 is 0 Å². The summed E-state index contributed by atoms with van der Waals surface area (Å²) < 4.78 is 0. The zero-order chi connectivity index (χ0) is 7.52. The van der Waals surface area contributed by atoms with E-state index in [9.17, 15) is 0 Å². The maximum atomic E-state index is 2.27. The van der Waals surface area contributed by atoms with E-state index in [0.29, 0.717) is 0 Å². The topological polar surface area (TPSA) is 0 Å². The zero-order valence-electron chi connectivity index (χ0n) is 6.12. The number of rotatable bonds is 1. The summed E-state index contributed by atoms with van der Waals surface area (Å²) in [6, 6.07) is 12.7. The second kappa shape index (κ2) is 2.94. The Balaban J connectivity index is 2.46. The summed E-state index contributed by atoms with van der Waals surface area (Å²) in [5.74, 6) is 4.48. The predicted octanol–water partition coefficient (Wildman–Crippen LogP) is 3.38. The molecule has 0 aliphatic heterocycles. The van der Waals surface area contributed by atoms with Gasteiger partial charge >= 0.3 is 0 Å². The van der Waals surface area contributed by atoms with Gasteiger partial charge in [-0.05, 0) is 22.7 Å². The third-order valence-corrected chi connectivity index (χ3v) is 2.54. The molecule has 0 saturated carbocycles. The molecule has 0 spiro atoms. The van der Waals surface area contributed by atoms with E-state index in [2.05, 4.69) is 41.9 Å². The summed E-state index contributed by atoms with van der Waals surface area (Å²) in [5.41, 5.74) is 2.69. The normalized spacial score (nSPS) is 10.5. The van der Waals surface area contributed by atoms with Crippen molar-refractivity contribution in [1.82, 2.24) is 0 Å². The van der Waals surface area contributed by atoms with Gasteiger partial charge in [0.15, 0.2) is 0 Å². The molecule has 0 nitrogen and oxygen atoms in total. The molecule has 1 unspecified atom stereocenters. The van der Waals surface area contributed by atoms with Crippen LogP contribution < -0.4 is 0 Å². The zero-order valence-corrected chi connectivity index (χ0v) is 7.12. The molecule has 2 rings (SSSR count). The Morgan fingerprint density at radius 1 is 0.818 bits per heavy atom. The van der Waals surface area contributed by atoms with Gasteiger partial charge in [-0.2, -0.15) is 0 Å². The summed E-state index contributed by atoms with van der Waals surface area (Å²) in [4.78, 5) is 0. The van der Waals surface area contributed by atoms with E-state index >= 15 is 0 Å². The van der Waals surface area contributed by atoms with Gasteiger partial charge in [-0.15, -0.1) is 8.19 Å². The molecule has 2 aromatic rings. The highest BCUT2D eigenvalue weighted by atomic mass is 31.0. The maximum absolute atomic E-state index is 2.27. The van der Waals surface area contributed by atoms with E-state index in [1.54, 1.807) is 0 Å². The molecule has 54 valence electrons. The van der Waals surface area contributed by atoms with Crippen molar-refractivity contribution in [3.8, 4) is 11.1 Å². The van der Waals surface area contributed by atoms with Crippen LogP contribution in [0.15, 0.2) is 48.0 Å². The number of benzene rings is 1. The molecular weight excluding hydrogens is 151 g/mol. The van der Waals surface area contributed by atoms with E-state index in [1.807, 2.05) is 6.07 Å². The SMILES string of the molecule is c1ccc(-c2cc[pH]c2)cc1. The first-order valence-electron chi connectivity index (χ1n) is 3.65. The second-order valence-electron chi connectivity index (χ2n) is 2.47. The van der Waals surface area contributed by atoms with Crippen LogP contribution in [-0.2, 0) is 0 Å². The molecule has 0 aliphatic carbocycles. The fourth-order valence-corrected chi connectivity index (χ4v) is 1.95. The lowest BCUT2D eigenvalue weighted by atomic mass is 10.1. The third kappa shape index (κ3) is 1.36. The summed E-state index contributed by atoms with van der Waals surface area (Å²) in [7, 11) is 0.872. The van der Waals surface area contributed by atoms with E-state index in [-0.39, 0.29) is 0 Å². The van der Waals surface area contributed by atoms with Crippen LogP contribution in [0.25, 0.3) is 11.1 Å². The average Bonchev–Trinajstić information content (AvgIpc) is 2.58. The first kappa shape index (κ1) is 6.69. The third-order valence-electron chi connectivity index (χ3n) is 1.71. The van der Waals surface area contributed by atoms with E-state index in [0.717, 1.165) is 8.19 Å². The average molecular weight is 160 g/mol. The summed E-state index contributed by atoms with van der Waals surface area (Å²) >= 11 is 0. The van der Waals surface area contributed by atoms with E-state index in [4.69, 9.17) is 0 Å². The van der Waals surface area contributed by atoms with Crippen molar-refractivity contribution >= 4 is 8.19 Å². The molecule has 1 atom stereocenters. The molecule has 0 saturated heterocycles. The Hall–Kier alpha value is -1.00. The molecule has 1 aromatic heterocycles. The molecule has 1 aromatic carbocycles. The highest BCUT2D eigenvalue weighted by molar-refractivity contribution is 7.28. The molecular formula is C10H9P. The molecule has 0 aliphatic rings. The first-order valence-corrected chi connectivity index (χ1v) is 4.80. The Morgan fingerprint density at radius 3 is 2.27 bits per heavy atom. The van der Waals surface area contributed by atoms with Crippen LogP contribution in [0.4, 0.5) is 0 Å². The summed E-state index contributed by atoms with van der Waals surface area (Å²) in [5, 5.41) is 0. The monoisotopic (exact) mass is 160 g/mol. The van der Waals surface area contributed by atoms with Gasteiger partial charge < -0.3 is 0 Å². The first-order chi connectivity index (χ1) is 5.47. The van der Waals surface area contributed by atoms with E-state index in [1.165, 1.54) is 11.1 Å². The van der Waals surface area contributed by atoms with Crippen molar-refractivity contribution in [2.75, 3.05) is 0 Å². The minimum atomic E-state index is 0.872. The van der Waals surface area contributed by atoms with Crippen LogP contribution in [0.3, 0.4) is 0 Å². The molecule has 0 N–H and O–H groups in total. The van der Waals surface area contributed by atoms with Crippen molar-refractivity contribution in [3.05, 3.63) is 48.0 Å². The van der Waals surface area contributed by atoms with Crippen LogP contribution in [0.1, 0.15) is 0 Å². The Kier molecular flexibility index (Phi) is 1.79. The minimum Gasteiger partial charge on any atom is -0.139 e. The molecule has 0 amide bonds. The van der Waals surface area contributed by atoms with Gasteiger partial charge in [-0.3, -0.25) is 0 Å². The lowest BCUT2D eigenvalue weighted by Gasteiger charge is -1.94. The predicted molar refractivity (Wildman–Crippen MR) is 51.4 cm³/mol. The standard InChI is InChI=1S/C10H9P/c1-2-4-9(5-3-1)10-6-7-11-8-10/h1-8,11H.